The summed E-state index contributed by atoms with van der Waals surface area (Å²) in [5.74, 6) is -0.624. The lowest BCUT2D eigenvalue weighted by atomic mass is 10.1. The first-order valence-electron chi connectivity index (χ1n) is 8.56. The molecule has 4 rings (SSSR count). The zero-order valence-corrected chi connectivity index (χ0v) is 15.7. The molecule has 0 atom stereocenters. The van der Waals surface area contributed by atoms with E-state index in [4.69, 9.17) is 4.42 Å². The van der Waals surface area contributed by atoms with Gasteiger partial charge in [-0.25, -0.2) is 0 Å². The Bertz CT molecular complexity index is 1200. The van der Waals surface area contributed by atoms with Crippen molar-refractivity contribution in [2.24, 2.45) is 0 Å². The van der Waals surface area contributed by atoms with Crippen LogP contribution in [0.15, 0.2) is 63.8 Å². The van der Waals surface area contributed by atoms with E-state index in [-0.39, 0.29) is 11.2 Å². The van der Waals surface area contributed by atoms with E-state index in [1.54, 1.807) is 12.1 Å². The van der Waals surface area contributed by atoms with Crippen molar-refractivity contribution in [2.75, 3.05) is 10.6 Å². The monoisotopic (exact) mass is 392 g/mol. The molecule has 0 spiro atoms. The van der Waals surface area contributed by atoms with Gasteiger partial charge in [0.2, 0.25) is 10.3 Å². The van der Waals surface area contributed by atoms with E-state index in [2.05, 4.69) is 20.8 Å². The summed E-state index contributed by atoms with van der Waals surface area (Å²) >= 11 is 1.20. The number of benzene rings is 2. The molecule has 2 aromatic carbocycles. The number of hydrogen-bond acceptors (Lipinski definition) is 7. The lowest BCUT2D eigenvalue weighted by Crippen LogP contribution is -2.14. The lowest BCUT2D eigenvalue weighted by Gasteiger charge is -2.03. The molecule has 0 aliphatic heterocycles. The summed E-state index contributed by atoms with van der Waals surface area (Å²) in [5, 5.41) is 15.1. The SMILES string of the molecule is Cc1ccc2oc(C(=O)Nc3nnc(NCc4ccccc4)s3)cc(=O)c2c1. The molecule has 0 saturated carbocycles. The first-order chi connectivity index (χ1) is 13.6. The predicted octanol–water partition coefficient (Wildman–Crippen LogP) is 3.82. The molecular formula is C20H16N4O3S. The Hall–Kier alpha value is -3.52. The molecule has 140 valence electrons. The highest BCUT2D eigenvalue weighted by Crippen LogP contribution is 2.22. The van der Waals surface area contributed by atoms with Crippen LogP contribution in [0.4, 0.5) is 10.3 Å². The Kier molecular flexibility index (Phi) is 4.86. The third kappa shape index (κ3) is 3.91. The van der Waals surface area contributed by atoms with Gasteiger partial charge in [-0.15, -0.1) is 10.2 Å². The number of aryl methyl sites for hydroxylation is 1. The van der Waals surface area contributed by atoms with Crippen molar-refractivity contribution in [1.82, 2.24) is 10.2 Å². The molecule has 28 heavy (non-hydrogen) atoms. The van der Waals surface area contributed by atoms with Gasteiger partial charge in [0.1, 0.15) is 5.58 Å². The number of carbonyl (C=O) groups excluding carboxylic acids is 1. The van der Waals surface area contributed by atoms with Crippen LogP contribution in [0.2, 0.25) is 0 Å². The molecule has 7 nitrogen and oxygen atoms in total. The first-order valence-corrected chi connectivity index (χ1v) is 9.37. The average Bonchev–Trinajstić information content (AvgIpc) is 3.15. The number of anilines is 2. The maximum absolute atomic E-state index is 12.4. The van der Waals surface area contributed by atoms with Gasteiger partial charge in [0, 0.05) is 12.6 Å². The number of hydrogen-bond donors (Lipinski definition) is 2. The van der Waals surface area contributed by atoms with Crippen LogP contribution < -0.4 is 16.1 Å². The van der Waals surface area contributed by atoms with E-state index in [1.165, 1.54) is 17.4 Å². The molecule has 2 heterocycles. The van der Waals surface area contributed by atoms with Gasteiger partial charge >= 0.3 is 0 Å². The Morgan fingerprint density at radius 2 is 1.86 bits per heavy atom. The number of amides is 1. The molecule has 0 unspecified atom stereocenters. The quantitative estimate of drug-likeness (QED) is 0.536. The van der Waals surface area contributed by atoms with Crippen LogP contribution in [0.5, 0.6) is 0 Å². The minimum Gasteiger partial charge on any atom is -0.451 e. The van der Waals surface area contributed by atoms with Crippen molar-refractivity contribution in [2.45, 2.75) is 13.5 Å². The fraction of sp³-hybridized carbons (Fsp3) is 0.100. The van der Waals surface area contributed by atoms with Gasteiger partial charge in [0.05, 0.1) is 5.39 Å². The van der Waals surface area contributed by atoms with Gasteiger partial charge in [-0.1, -0.05) is 53.3 Å². The maximum atomic E-state index is 12.4. The Morgan fingerprint density at radius 3 is 2.68 bits per heavy atom. The molecule has 0 fully saturated rings. The average molecular weight is 392 g/mol. The van der Waals surface area contributed by atoms with Gasteiger partial charge in [0.25, 0.3) is 5.91 Å². The van der Waals surface area contributed by atoms with Crippen LogP contribution in [0.25, 0.3) is 11.0 Å². The highest BCUT2D eigenvalue weighted by atomic mass is 32.1. The Labute approximate surface area is 164 Å². The molecule has 0 radical (unpaired) electrons. The second-order valence-electron chi connectivity index (χ2n) is 6.18. The Morgan fingerprint density at radius 1 is 1.07 bits per heavy atom. The van der Waals surface area contributed by atoms with Gasteiger partial charge in [-0.2, -0.15) is 0 Å². The summed E-state index contributed by atoms with van der Waals surface area (Å²) in [6, 6.07) is 16.3. The topological polar surface area (TPSA) is 97.1 Å². The highest BCUT2D eigenvalue weighted by Gasteiger charge is 2.15. The molecule has 1 amide bonds. The van der Waals surface area contributed by atoms with Crippen molar-refractivity contribution in [3.63, 3.8) is 0 Å². The first kappa shape index (κ1) is 17.9. The summed E-state index contributed by atoms with van der Waals surface area (Å²) in [7, 11) is 0. The number of fused-ring (bicyclic) bond motifs is 1. The molecule has 0 bridgehead atoms. The molecule has 0 saturated heterocycles. The number of carbonyl (C=O) groups is 1. The summed E-state index contributed by atoms with van der Waals surface area (Å²) in [5.41, 5.74) is 2.15. The molecule has 2 aromatic heterocycles. The fourth-order valence-corrected chi connectivity index (χ4v) is 3.29. The second-order valence-corrected chi connectivity index (χ2v) is 7.16. The standard InChI is InChI=1S/C20H16N4O3S/c1-12-7-8-16-14(9-12)15(25)10-17(27-16)18(26)22-20-24-23-19(28-20)21-11-13-5-3-2-4-6-13/h2-10H,11H2,1H3,(H,21,23)(H,22,24,26). The van der Waals surface area contributed by atoms with Crippen molar-refractivity contribution in [3.8, 4) is 0 Å². The van der Waals surface area contributed by atoms with Crippen LogP contribution in [-0.2, 0) is 6.54 Å². The predicted molar refractivity (Wildman–Crippen MR) is 109 cm³/mol. The summed E-state index contributed by atoms with van der Waals surface area (Å²) in [6.07, 6.45) is 0. The molecule has 2 N–H and O–H groups in total. The van der Waals surface area contributed by atoms with E-state index >= 15 is 0 Å². The minimum absolute atomic E-state index is 0.0738. The van der Waals surface area contributed by atoms with Crippen molar-refractivity contribution < 1.29 is 9.21 Å². The van der Waals surface area contributed by atoms with Crippen LogP contribution in [0.1, 0.15) is 21.7 Å². The van der Waals surface area contributed by atoms with Crippen LogP contribution in [-0.4, -0.2) is 16.1 Å². The summed E-state index contributed by atoms with van der Waals surface area (Å²) in [4.78, 5) is 24.7. The van der Waals surface area contributed by atoms with Gasteiger partial charge in [-0.3, -0.25) is 14.9 Å². The number of nitrogens with one attached hydrogen (secondary N) is 2. The zero-order chi connectivity index (χ0) is 19.5. The molecular weight excluding hydrogens is 376 g/mol. The number of aromatic nitrogens is 2. The third-order valence-corrected chi connectivity index (χ3v) is 4.83. The van der Waals surface area contributed by atoms with E-state index in [0.29, 0.717) is 27.8 Å². The maximum Gasteiger partial charge on any atom is 0.293 e. The van der Waals surface area contributed by atoms with E-state index in [1.807, 2.05) is 43.3 Å². The fourth-order valence-electron chi connectivity index (χ4n) is 2.66. The molecule has 0 aliphatic carbocycles. The summed E-state index contributed by atoms with van der Waals surface area (Å²) in [6.45, 7) is 2.49. The zero-order valence-electron chi connectivity index (χ0n) is 14.9. The third-order valence-electron chi connectivity index (χ3n) is 4.04. The van der Waals surface area contributed by atoms with Gasteiger partial charge in [-0.05, 0) is 24.6 Å². The van der Waals surface area contributed by atoms with Crippen molar-refractivity contribution in [3.05, 3.63) is 81.7 Å². The van der Waals surface area contributed by atoms with Crippen molar-refractivity contribution in [1.29, 1.82) is 0 Å². The van der Waals surface area contributed by atoms with Gasteiger partial charge < -0.3 is 9.73 Å². The number of rotatable bonds is 5. The number of nitrogens with zero attached hydrogens (tertiary/aromatic N) is 2. The van der Waals surface area contributed by atoms with E-state index in [0.717, 1.165) is 11.1 Å². The molecule has 4 aromatic rings. The normalized spacial score (nSPS) is 10.8. The smallest absolute Gasteiger partial charge is 0.293 e. The van der Waals surface area contributed by atoms with Crippen LogP contribution >= 0.6 is 11.3 Å². The molecule has 8 heteroatoms. The van der Waals surface area contributed by atoms with E-state index < -0.39 is 5.91 Å². The van der Waals surface area contributed by atoms with Gasteiger partial charge in [0.15, 0.2) is 11.2 Å². The lowest BCUT2D eigenvalue weighted by molar-refractivity contribution is 0.0997. The van der Waals surface area contributed by atoms with Crippen LogP contribution in [0.3, 0.4) is 0 Å². The minimum atomic E-state index is -0.551. The van der Waals surface area contributed by atoms with Crippen molar-refractivity contribution >= 4 is 38.5 Å². The van der Waals surface area contributed by atoms with Crippen LogP contribution in [0, 0.1) is 6.92 Å². The Balaban J connectivity index is 1.47. The highest BCUT2D eigenvalue weighted by molar-refractivity contribution is 7.19. The molecule has 0 aliphatic rings. The second kappa shape index (κ2) is 7.61. The summed E-state index contributed by atoms with van der Waals surface area (Å²) < 4.78 is 5.57. The van der Waals surface area contributed by atoms with E-state index in [9.17, 15) is 9.59 Å². The largest absolute Gasteiger partial charge is 0.451 e.